The minimum atomic E-state index is -0.800. The Bertz CT molecular complexity index is 1480. The van der Waals surface area contributed by atoms with E-state index in [1.54, 1.807) is 6.92 Å². The molecule has 11 nitrogen and oxygen atoms in total. The molecule has 0 aromatic carbocycles. The van der Waals surface area contributed by atoms with Crippen LogP contribution in [0.3, 0.4) is 0 Å². The molecule has 11 heteroatoms. The summed E-state index contributed by atoms with van der Waals surface area (Å²) in [6.07, 6.45) is 8.11. The zero-order valence-corrected chi connectivity index (χ0v) is 30.0. The van der Waals surface area contributed by atoms with E-state index in [0.717, 1.165) is 38.5 Å². The van der Waals surface area contributed by atoms with Gasteiger partial charge in [-0.05, 0) is 124 Å². The summed E-state index contributed by atoms with van der Waals surface area (Å²) in [6.45, 7) is 13.5. The zero-order chi connectivity index (χ0) is 35.3. The molecule has 2 N–H and O–H groups in total. The number of fused-ring (bicyclic) bond motifs is 7. The highest BCUT2D eigenvalue weighted by Gasteiger charge is 2.69. The number of carbonyl (C=O) groups is 5. The van der Waals surface area contributed by atoms with E-state index in [2.05, 4.69) is 33.0 Å². The van der Waals surface area contributed by atoms with Crippen molar-refractivity contribution in [2.45, 2.75) is 124 Å². The summed E-state index contributed by atoms with van der Waals surface area (Å²) in [4.78, 5) is 66.3. The normalized spacial score (nSPS) is 47.6. The first-order chi connectivity index (χ1) is 23.0. The van der Waals surface area contributed by atoms with Crippen molar-refractivity contribution in [1.82, 2.24) is 10.2 Å². The number of carboxylic acid groups (broad SMARTS) is 1. The van der Waals surface area contributed by atoms with Crippen molar-refractivity contribution in [2.75, 3.05) is 19.8 Å². The van der Waals surface area contributed by atoms with Crippen molar-refractivity contribution in [2.24, 2.45) is 50.7 Å². The van der Waals surface area contributed by atoms with Crippen LogP contribution in [0.15, 0.2) is 11.6 Å². The van der Waals surface area contributed by atoms with E-state index in [4.69, 9.17) is 14.2 Å². The predicted molar refractivity (Wildman–Crippen MR) is 177 cm³/mol. The number of hydrogen-bond acceptors (Lipinski definition) is 8. The van der Waals surface area contributed by atoms with Crippen LogP contribution in [0, 0.1) is 50.7 Å². The first kappa shape index (κ1) is 34.5. The lowest BCUT2D eigenvalue weighted by Gasteiger charge is -2.69. The van der Waals surface area contributed by atoms with Crippen molar-refractivity contribution in [3.63, 3.8) is 0 Å². The zero-order valence-electron chi connectivity index (χ0n) is 30.0. The molecule has 0 aromatic heterocycles. The first-order valence-electron chi connectivity index (χ1n) is 18.5. The summed E-state index contributed by atoms with van der Waals surface area (Å²) in [5.41, 5.74) is -0.541. The number of rotatable bonds is 7. The molecule has 4 saturated carbocycles. The lowest BCUT2D eigenvalue weighted by Crippen LogP contribution is -2.66. The molecule has 49 heavy (non-hydrogen) atoms. The molecular formula is C38H54N2O9. The molecule has 2 saturated heterocycles. The lowest BCUT2D eigenvalue weighted by atomic mass is 9.34. The second kappa shape index (κ2) is 11.5. The molecule has 270 valence electrons. The summed E-state index contributed by atoms with van der Waals surface area (Å²) < 4.78 is 16.4. The van der Waals surface area contributed by atoms with Gasteiger partial charge in [-0.15, -0.1) is 0 Å². The number of imide groups is 1. The van der Waals surface area contributed by atoms with E-state index in [1.807, 2.05) is 13.0 Å². The minimum Gasteiger partial charge on any atom is -0.481 e. The molecule has 2 heterocycles. The van der Waals surface area contributed by atoms with Crippen molar-refractivity contribution in [3.8, 4) is 0 Å². The molecule has 12 atom stereocenters. The SMILES string of the molecule is CC1OC(=O)OC1COCC[C@@H]1C2CC[C@]3(C)[C@H](C(=O)C=C4[C@@H]5C[C@@](C)(C(=O)O)CC[C@]5(C)CC[C@]43C)[C@@]2(C)CC[C@@H]1N1C(=O)CNC1=O. The van der Waals surface area contributed by atoms with Crippen LogP contribution in [0.5, 0.6) is 0 Å². The Hall–Kier alpha value is -2.95. The third kappa shape index (κ3) is 5.01. The van der Waals surface area contributed by atoms with Crippen LogP contribution in [-0.2, 0) is 28.6 Å². The lowest BCUT2D eigenvalue weighted by molar-refractivity contribution is -0.184. The second-order valence-corrected chi connectivity index (χ2v) is 17.9. The topological polar surface area (TPSA) is 149 Å². The summed E-state index contributed by atoms with van der Waals surface area (Å²) in [5.74, 6) is -0.946. The number of ketones is 1. The Morgan fingerprint density at radius 2 is 1.73 bits per heavy atom. The Morgan fingerprint density at radius 1 is 1.00 bits per heavy atom. The number of carbonyl (C=O) groups excluding carboxylic acids is 4. The van der Waals surface area contributed by atoms with Crippen molar-refractivity contribution in [1.29, 1.82) is 0 Å². The highest BCUT2D eigenvalue weighted by molar-refractivity contribution is 6.02. The number of urea groups is 1. The van der Waals surface area contributed by atoms with Gasteiger partial charge < -0.3 is 24.6 Å². The van der Waals surface area contributed by atoms with Gasteiger partial charge in [-0.2, -0.15) is 0 Å². The van der Waals surface area contributed by atoms with Crippen LogP contribution in [0.1, 0.15) is 106 Å². The number of allylic oxidation sites excluding steroid dienone is 2. The number of aliphatic carboxylic acids is 1. The highest BCUT2D eigenvalue weighted by atomic mass is 16.8. The molecule has 7 aliphatic rings. The van der Waals surface area contributed by atoms with Gasteiger partial charge in [0, 0.05) is 18.6 Å². The summed E-state index contributed by atoms with van der Waals surface area (Å²) in [5, 5.41) is 12.9. The molecule has 3 unspecified atom stereocenters. The van der Waals surface area contributed by atoms with Crippen molar-refractivity contribution in [3.05, 3.63) is 11.6 Å². The molecule has 0 spiro atoms. The third-order valence-electron chi connectivity index (χ3n) is 15.6. The Labute approximate surface area is 289 Å². The monoisotopic (exact) mass is 682 g/mol. The van der Waals surface area contributed by atoms with Gasteiger partial charge in [0.25, 0.3) is 0 Å². The molecule has 3 amide bonds. The maximum absolute atomic E-state index is 14.8. The van der Waals surface area contributed by atoms with E-state index in [9.17, 15) is 29.1 Å². The number of hydrogen-bond donors (Lipinski definition) is 2. The van der Waals surface area contributed by atoms with Gasteiger partial charge in [0.1, 0.15) is 6.10 Å². The van der Waals surface area contributed by atoms with E-state index in [0.29, 0.717) is 32.3 Å². The first-order valence-corrected chi connectivity index (χ1v) is 18.5. The van der Waals surface area contributed by atoms with Gasteiger partial charge in [-0.3, -0.25) is 19.3 Å². The van der Waals surface area contributed by atoms with Crippen LogP contribution < -0.4 is 5.32 Å². The largest absolute Gasteiger partial charge is 0.509 e. The Kier molecular flexibility index (Phi) is 8.12. The number of amides is 3. The van der Waals surface area contributed by atoms with Gasteiger partial charge in [-0.1, -0.05) is 33.3 Å². The van der Waals surface area contributed by atoms with Crippen molar-refractivity contribution >= 4 is 29.8 Å². The van der Waals surface area contributed by atoms with Gasteiger partial charge in [0.2, 0.25) is 5.91 Å². The van der Waals surface area contributed by atoms with E-state index in [-0.39, 0.29) is 82.2 Å². The molecular weight excluding hydrogens is 628 g/mol. The fourth-order valence-corrected chi connectivity index (χ4v) is 12.3. The van der Waals surface area contributed by atoms with Crippen LogP contribution in [-0.4, -0.2) is 77.9 Å². The summed E-state index contributed by atoms with van der Waals surface area (Å²) in [6, 6.07) is -0.645. The highest BCUT2D eigenvalue weighted by Crippen LogP contribution is 2.74. The molecule has 6 fully saturated rings. The minimum absolute atomic E-state index is 0.00244. The fourth-order valence-electron chi connectivity index (χ4n) is 12.3. The van der Waals surface area contributed by atoms with Gasteiger partial charge in [-0.25, -0.2) is 9.59 Å². The molecule has 0 bridgehead atoms. The number of nitrogens with one attached hydrogen (secondary N) is 1. The molecule has 0 aromatic rings. The van der Waals surface area contributed by atoms with Gasteiger partial charge in [0.15, 0.2) is 11.9 Å². The van der Waals surface area contributed by atoms with Gasteiger partial charge in [0.05, 0.1) is 18.6 Å². The smallest absolute Gasteiger partial charge is 0.481 e. The van der Waals surface area contributed by atoms with Crippen LogP contribution in [0.4, 0.5) is 9.59 Å². The predicted octanol–water partition coefficient (Wildman–Crippen LogP) is 5.89. The number of cyclic esters (lactones) is 2. The van der Waals surface area contributed by atoms with Crippen LogP contribution in [0.2, 0.25) is 0 Å². The Balaban J connectivity index is 1.20. The van der Waals surface area contributed by atoms with E-state index >= 15 is 0 Å². The summed E-state index contributed by atoms with van der Waals surface area (Å²) >= 11 is 0. The second-order valence-electron chi connectivity index (χ2n) is 17.9. The third-order valence-corrected chi connectivity index (χ3v) is 15.6. The average Bonchev–Trinajstić information content (AvgIpc) is 3.54. The number of nitrogens with zero attached hydrogens (tertiary/aromatic N) is 1. The van der Waals surface area contributed by atoms with Crippen LogP contribution in [0.25, 0.3) is 0 Å². The number of ether oxygens (including phenoxy) is 3. The maximum atomic E-state index is 14.8. The van der Waals surface area contributed by atoms with Crippen LogP contribution >= 0.6 is 0 Å². The summed E-state index contributed by atoms with van der Waals surface area (Å²) in [7, 11) is 0. The van der Waals surface area contributed by atoms with Crippen molar-refractivity contribution < 1.29 is 43.3 Å². The quantitative estimate of drug-likeness (QED) is 0.190. The molecule has 5 aliphatic carbocycles. The van der Waals surface area contributed by atoms with E-state index < -0.39 is 29.7 Å². The standard InChI is InChI=1S/C38H54N2O9/c1-21-28(49-33(46)48-21)20-47-16-9-22-23-7-11-38(6)30(36(23,4)10-8-26(22)40-29(42)19-39-32(40)45)27(41)17-24-25-18-35(3,31(43)44)13-12-34(25,2)14-15-37(24,38)5/h17,21-23,25-26,28,30H,7-16,18-20H2,1-6H3,(H,39,45)(H,43,44)/t21?,22-,23?,25+,26+,28?,30-,34-,35+,36+,37-,38-/m1/s1. The van der Waals surface area contributed by atoms with Gasteiger partial charge >= 0.3 is 18.2 Å². The maximum Gasteiger partial charge on any atom is 0.509 e. The Morgan fingerprint density at radius 3 is 2.39 bits per heavy atom. The number of carboxylic acids is 1. The van der Waals surface area contributed by atoms with E-state index in [1.165, 1.54) is 10.5 Å². The molecule has 2 aliphatic heterocycles. The molecule has 7 rings (SSSR count). The fraction of sp³-hybridized carbons (Fsp3) is 0.816. The molecule has 0 radical (unpaired) electrons. The average molecular weight is 683 g/mol.